The number of thioether (sulfide) groups is 1. The summed E-state index contributed by atoms with van der Waals surface area (Å²) in [7, 11) is 0. The van der Waals surface area contributed by atoms with Gasteiger partial charge in [-0.1, -0.05) is 6.92 Å². The highest BCUT2D eigenvalue weighted by Crippen LogP contribution is 2.31. The van der Waals surface area contributed by atoms with Crippen molar-refractivity contribution < 1.29 is 0 Å². The van der Waals surface area contributed by atoms with Gasteiger partial charge in [-0.2, -0.15) is 0 Å². The summed E-state index contributed by atoms with van der Waals surface area (Å²) in [6.07, 6.45) is 1.86. The van der Waals surface area contributed by atoms with E-state index in [1.807, 2.05) is 30.9 Å². The van der Waals surface area contributed by atoms with Gasteiger partial charge in [-0.3, -0.25) is 4.98 Å². The molecule has 1 aromatic heterocycles. The Hall–Kier alpha value is -1.22. The van der Waals surface area contributed by atoms with Crippen molar-refractivity contribution in [2.24, 2.45) is 0 Å². The molecule has 0 saturated heterocycles. The van der Waals surface area contributed by atoms with Crippen molar-refractivity contribution in [2.45, 2.75) is 18.7 Å². The van der Waals surface area contributed by atoms with E-state index in [0.29, 0.717) is 0 Å². The van der Waals surface area contributed by atoms with Gasteiger partial charge in [0.05, 0.1) is 0 Å². The SMILES string of the molecule is CCSc1ccc(N)c2cnc(C)cc12. The van der Waals surface area contributed by atoms with E-state index >= 15 is 0 Å². The van der Waals surface area contributed by atoms with Gasteiger partial charge in [0.1, 0.15) is 0 Å². The molecule has 0 aliphatic carbocycles. The number of aryl methyl sites for hydroxylation is 1. The summed E-state index contributed by atoms with van der Waals surface area (Å²) < 4.78 is 0. The summed E-state index contributed by atoms with van der Waals surface area (Å²) in [6, 6.07) is 6.15. The van der Waals surface area contributed by atoms with Gasteiger partial charge in [-0.25, -0.2) is 0 Å². The highest BCUT2D eigenvalue weighted by molar-refractivity contribution is 7.99. The molecule has 1 heterocycles. The van der Waals surface area contributed by atoms with E-state index in [0.717, 1.165) is 22.5 Å². The monoisotopic (exact) mass is 218 g/mol. The van der Waals surface area contributed by atoms with Crippen LogP contribution in [0.1, 0.15) is 12.6 Å². The first-order chi connectivity index (χ1) is 7.22. The molecule has 2 N–H and O–H groups in total. The number of nitrogens with zero attached hydrogens (tertiary/aromatic N) is 1. The quantitative estimate of drug-likeness (QED) is 0.621. The van der Waals surface area contributed by atoms with Crippen molar-refractivity contribution in [2.75, 3.05) is 11.5 Å². The number of anilines is 1. The highest BCUT2D eigenvalue weighted by Gasteiger charge is 2.04. The molecule has 15 heavy (non-hydrogen) atoms. The second-order valence-electron chi connectivity index (χ2n) is 3.46. The summed E-state index contributed by atoms with van der Waals surface area (Å²) >= 11 is 1.84. The van der Waals surface area contributed by atoms with Crippen LogP contribution in [0.2, 0.25) is 0 Å². The van der Waals surface area contributed by atoms with E-state index in [-0.39, 0.29) is 0 Å². The van der Waals surface area contributed by atoms with Crippen molar-refractivity contribution >= 4 is 28.2 Å². The van der Waals surface area contributed by atoms with Gasteiger partial charge in [-0.15, -0.1) is 11.8 Å². The van der Waals surface area contributed by atoms with Crippen LogP contribution in [-0.2, 0) is 0 Å². The number of nitrogens with two attached hydrogens (primary N) is 1. The predicted octanol–water partition coefficient (Wildman–Crippen LogP) is 3.24. The van der Waals surface area contributed by atoms with Crippen molar-refractivity contribution in [1.29, 1.82) is 0 Å². The Labute approximate surface area is 93.9 Å². The fraction of sp³-hybridized carbons (Fsp3) is 0.250. The molecule has 0 atom stereocenters. The van der Waals surface area contributed by atoms with Crippen LogP contribution in [0.25, 0.3) is 10.8 Å². The van der Waals surface area contributed by atoms with E-state index in [1.54, 1.807) is 0 Å². The van der Waals surface area contributed by atoms with Gasteiger partial charge < -0.3 is 5.73 Å². The van der Waals surface area contributed by atoms with E-state index in [9.17, 15) is 0 Å². The maximum absolute atomic E-state index is 5.92. The van der Waals surface area contributed by atoms with Gasteiger partial charge in [0, 0.05) is 33.2 Å². The fourth-order valence-electron chi connectivity index (χ4n) is 1.62. The summed E-state index contributed by atoms with van der Waals surface area (Å²) in [4.78, 5) is 5.56. The number of nitrogen functional groups attached to an aromatic ring is 1. The van der Waals surface area contributed by atoms with Crippen LogP contribution in [0.3, 0.4) is 0 Å². The van der Waals surface area contributed by atoms with E-state index in [2.05, 4.69) is 24.0 Å². The van der Waals surface area contributed by atoms with Crippen LogP contribution in [-0.4, -0.2) is 10.7 Å². The Morgan fingerprint density at radius 2 is 2.13 bits per heavy atom. The molecule has 0 aliphatic heterocycles. The number of fused-ring (bicyclic) bond motifs is 1. The van der Waals surface area contributed by atoms with Crippen LogP contribution in [0, 0.1) is 6.92 Å². The summed E-state index contributed by atoms with van der Waals surface area (Å²) in [5.41, 5.74) is 7.76. The summed E-state index contributed by atoms with van der Waals surface area (Å²) in [5, 5.41) is 2.27. The molecule has 0 radical (unpaired) electrons. The smallest absolute Gasteiger partial charge is 0.0410 e. The van der Waals surface area contributed by atoms with Crippen LogP contribution in [0.15, 0.2) is 29.3 Å². The third-order valence-corrected chi connectivity index (χ3v) is 3.29. The number of pyridine rings is 1. The second-order valence-corrected chi connectivity index (χ2v) is 4.76. The van der Waals surface area contributed by atoms with Crippen LogP contribution >= 0.6 is 11.8 Å². The van der Waals surface area contributed by atoms with Crippen molar-refractivity contribution in [3.63, 3.8) is 0 Å². The van der Waals surface area contributed by atoms with Gasteiger partial charge >= 0.3 is 0 Å². The Morgan fingerprint density at radius 3 is 2.87 bits per heavy atom. The molecule has 0 spiro atoms. The molecule has 3 heteroatoms. The van der Waals surface area contributed by atoms with Crippen LogP contribution in [0.5, 0.6) is 0 Å². The molecule has 78 valence electrons. The molecule has 0 aliphatic rings. The minimum absolute atomic E-state index is 0.804. The summed E-state index contributed by atoms with van der Waals surface area (Å²) in [6.45, 7) is 4.16. The average Bonchev–Trinajstić information content (AvgIpc) is 2.22. The van der Waals surface area contributed by atoms with Gasteiger partial charge in [0.25, 0.3) is 0 Å². The standard InChI is InChI=1S/C12H14N2S/c1-3-15-12-5-4-11(13)10-7-14-8(2)6-9(10)12/h4-7H,3,13H2,1-2H3. The Balaban J connectivity index is 2.72. The third kappa shape index (κ3) is 1.92. The first kappa shape index (κ1) is 10.3. The number of benzene rings is 1. The van der Waals surface area contributed by atoms with Crippen molar-refractivity contribution in [3.8, 4) is 0 Å². The zero-order valence-corrected chi connectivity index (χ0v) is 9.77. The molecule has 2 aromatic rings. The lowest BCUT2D eigenvalue weighted by Crippen LogP contribution is -1.91. The minimum atomic E-state index is 0.804. The van der Waals surface area contributed by atoms with Crippen LogP contribution < -0.4 is 5.73 Å². The third-order valence-electron chi connectivity index (χ3n) is 2.33. The van der Waals surface area contributed by atoms with Crippen LogP contribution in [0.4, 0.5) is 5.69 Å². The van der Waals surface area contributed by atoms with E-state index < -0.39 is 0 Å². The normalized spacial score (nSPS) is 10.8. The van der Waals surface area contributed by atoms with Gasteiger partial charge in [-0.05, 0) is 30.9 Å². The molecule has 0 bridgehead atoms. The number of rotatable bonds is 2. The fourth-order valence-corrected chi connectivity index (χ4v) is 2.42. The molecule has 0 fully saturated rings. The number of hydrogen-bond donors (Lipinski definition) is 1. The molecule has 1 aromatic carbocycles. The average molecular weight is 218 g/mol. The molecule has 2 rings (SSSR count). The maximum atomic E-state index is 5.92. The number of aromatic nitrogens is 1. The lowest BCUT2D eigenvalue weighted by molar-refractivity contribution is 1.22. The lowest BCUT2D eigenvalue weighted by Gasteiger charge is -2.07. The molecule has 2 nitrogen and oxygen atoms in total. The Morgan fingerprint density at radius 1 is 1.33 bits per heavy atom. The van der Waals surface area contributed by atoms with Crippen molar-refractivity contribution in [1.82, 2.24) is 4.98 Å². The maximum Gasteiger partial charge on any atom is 0.0410 e. The zero-order chi connectivity index (χ0) is 10.8. The topological polar surface area (TPSA) is 38.9 Å². The molecule has 0 unspecified atom stereocenters. The lowest BCUT2D eigenvalue weighted by atomic mass is 10.1. The Bertz CT molecular complexity index is 494. The predicted molar refractivity (Wildman–Crippen MR) is 67.3 cm³/mol. The van der Waals surface area contributed by atoms with Gasteiger partial charge in [0.2, 0.25) is 0 Å². The van der Waals surface area contributed by atoms with E-state index in [4.69, 9.17) is 5.73 Å². The number of hydrogen-bond acceptors (Lipinski definition) is 3. The van der Waals surface area contributed by atoms with E-state index in [1.165, 1.54) is 10.3 Å². The first-order valence-electron chi connectivity index (χ1n) is 5.00. The van der Waals surface area contributed by atoms with Crippen molar-refractivity contribution in [3.05, 3.63) is 30.1 Å². The van der Waals surface area contributed by atoms with Gasteiger partial charge in [0.15, 0.2) is 0 Å². The minimum Gasteiger partial charge on any atom is -0.398 e. The molecule has 0 amide bonds. The second kappa shape index (κ2) is 4.11. The largest absolute Gasteiger partial charge is 0.398 e. The zero-order valence-electron chi connectivity index (χ0n) is 8.95. The highest BCUT2D eigenvalue weighted by atomic mass is 32.2. The molecular formula is C12H14N2S. The Kier molecular flexibility index (Phi) is 2.82. The first-order valence-corrected chi connectivity index (χ1v) is 5.98. The molecular weight excluding hydrogens is 204 g/mol. The molecule has 0 saturated carbocycles. The summed E-state index contributed by atoms with van der Waals surface area (Å²) in [5.74, 6) is 1.07.